The molecular formula is C41H59NO16. The number of carboxylic acid groups (broad SMARTS) is 1. The monoisotopic (exact) mass is 821 g/mol. The lowest BCUT2D eigenvalue weighted by molar-refractivity contribution is -0.151. The number of hydrogen-bond donors (Lipinski definition) is 2. The molecule has 1 aliphatic carbocycles. The standard InChI is InChI=1S/C41H59NO16/c43-38(40(45)46)10-11-39(44)57-31-30-56-29-28-55-27-26-54-25-24-53-23-22-52-21-20-51-19-18-50-17-16-49-15-14-48-13-5-12-42-41(47)58-32-37-35-8-3-1-6-33(35)34-7-2-4-9-36(34)37/h1-4,6-9,37H,5,10-32H2,(H,42,47)(H,45,46). The number of benzene rings is 2. The molecule has 2 N–H and O–H groups in total. The van der Waals surface area contributed by atoms with Gasteiger partial charge in [0.25, 0.3) is 0 Å². The lowest BCUT2D eigenvalue weighted by atomic mass is 9.98. The van der Waals surface area contributed by atoms with Gasteiger partial charge in [-0.1, -0.05) is 48.5 Å². The first-order chi connectivity index (χ1) is 28.5. The molecule has 0 saturated carbocycles. The van der Waals surface area contributed by atoms with Gasteiger partial charge in [0.2, 0.25) is 5.78 Å². The van der Waals surface area contributed by atoms with Crippen molar-refractivity contribution in [2.45, 2.75) is 25.2 Å². The zero-order chi connectivity index (χ0) is 41.3. The van der Waals surface area contributed by atoms with Crippen LogP contribution in [0.15, 0.2) is 48.5 Å². The van der Waals surface area contributed by atoms with Crippen molar-refractivity contribution in [2.24, 2.45) is 0 Å². The fraction of sp³-hybridized carbons (Fsp3) is 0.610. The third-order valence-corrected chi connectivity index (χ3v) is 8.34. The highest BCUT2D eigenvalue weighted by atomic mass is 16.6. The van der Waals surface area contributed by atoms with Crippen LogP contribution in [0.25, 0.3) is 11.1 Å². The minimum atomic E-state index is -1.57. The average molecular weight is 822 g/mol. The van der Waals surface area contributed by atoms with Crippen LogP contribution >= 0.6 is 0 Å². The highest BCUT2D eigenvalue weighted by molar-refractivity contribution is 6.32. The van der Waals surface area contributed by atoms with Crippen LogP contribution < -0.4 is 5.32 Å². The van der Waals surface area contributed by atoms with Crippen molar-refractivity contribution in [3.63, 3.8) is 0 Å². The third-order valence-electron chi connectivity index (χ3n) is 8.34. The maximum atomic E-state index is 12.3. The molecular weight excluding hydrogens is 762 g/mol. The first-order valence-electron chi connectivity index (χ1n) is 19.7. The molecule has 324 valence electrons. The van der Waals surface area contributed by atoms with E-state index < -0.39 is 30.2 Å². The number of aliphatic carboxylic acids is 1. The SMILES string of the molecule is O=C(CCC(=O)C(=O)O)OCCOCCOCCOCCOCCOCCOCCOCCOCCOCCCNC(=O)OCC1c2ccccc2-c2ccccc21. The van der Waals surface area contributed by atoms with E-state index in [-0.39, 0.29) is 25.6 Å². The van der Waals surface area contributed by atoms with E-state index >= 15 is 0 Å². The van der Waals surface area contributed by atoms with Crippen molar-refractivity contribution in [3.8, 4) is 11.1 Å². The Morgan fingerprint density at radius 2 is 0.862 bits per heavy atom. The van der Waals surface area contributed by atoms with Gasteiger partial charge in [-0.3, -0.25) is 9.59 Å². The number of esters is 1. The minimum absolute atomic E-state index is 0.00781. The van der Waals surface area contributed by atoms with Crippen LogP contribution in [0.1, 0.15) is 36.3 Å². The van der Waals surface area contributed by atoms with E-state index in [1.165, 1.54) is 22.3 Å². The molecule has 0 saturated heterocycles. The van der Waals surface area contributed by atoms with Crippen molar-refractivity contribution in [2.75, 3.05) is 139 Å². The molecule has 0 aliphatic heterocycles. The normalized spacial score (nSPS) is 11.9. The van der Waals surface area contributed by atoms with Crippen LogP contribution in [0.4, 0.5) is 4.79 Å². The fourth-order valence-electron chi connectivity index (χ4n) is 5.48. The Bertz CT molecular complexity index is 1400. The first-order valence-corrected chi connectivity index (χ1v) is 19.7. The van der Waals surface area contributed by atoms with E-state index in [0.717, 1.165) is 0 Å². The summed E-state index contributed by atoms with van der Waals surface area (Å²) in [6.45, 7) is 8.33. The number of carboxylic acids is 1. The van der Waals surface area contributed by atoms with Gasteiger partial charge < -0.3 is 62.5 Å². The number of alkyl carbamates (subject to hydrolysis) is 1. The predicted molar refractivity (Wildman–Crippen MR) is 208 cm³/mol. The van der Waals surface area contributed by atoms with Gasteiger partial charge >= 0.3 is 18.0 Å². The van der Waals surface area contributed by atoms with Crippen molar-refractivity contribution < 1.29 is 76.4 Å². The number of hydrogen-bond acceptors (Lipinski definition) is 15. The summed E-state index contributed by atoms with van der Waals surface area (Å²) in [7, 11) is 0. The second-order valence-electron chi connectivity index (χ2n) is 12.6. The summed E-state index contributed by atoms with van der Waals surface area (Å²) in [6.07, 6.45) is -0.428. The molecule has 0 atom stereocenters. The third kappa shape index (κ3) is 21.6. The van der Waals surface area contributed by atoms with Gasteiger partial charge in [-0.05, 0) is 28.7 Å². The maximum absolute atomic E-state index is 12.3. The number of nitrogens with one attached hydrogen (secondary N) is 1. The Balaban J connectivity index is 0.944. The van der Waals surface area contributed by atoms with Crippen LogP contribution in [0.5, 0.6) is 0 Å². The maximum Gasteiger partial charge on any atom is 0.407 e. The Hall–Kier alpha value is -4.04. The van der Waals surface area contributed by atoms with Crippen LogP contribution in [0.2, 0.25) is 0 Å². The predicted octanol–water partition coefficient (Wildman–Crippen LogP) is 3.04. The zero-order valence-corrected chi connectivity index (χ0v) is 33.2. The van der Waals surface area contributed by atoms with Crippen LogP contribution in [-0.4, -0.2) is 168 Å². The van der Waals surface area contributed by atoms with Crippen molar-refractivity contribution in [1.82, 2.24) is 5.32 Å². The summed E-state index contributed by atoms with van der Waals surface area (Å²) < 4.78 is 59.5. The summed E-state index contributed by atoms with van der Waals surface area (Å²) in [5, 5.41) is 11.3. The van der Waals surface area contributed by atoms with Gasteiger partial charge in [0, 0.05) is 25.5 Å². The summed E-state index contributed by atoms with van der Waals surface area (Å²) in [5.74, 6) is -3.21. The largest absolute Gasteiger partial charge is 0.476 e. The zero-order valence-electron chi connectivity index (χ0n) is 33.2. The van der Waals surface area contributed by atoms with E-state index in [4.69, 9.17) is 57.2 Å². The number of rotatable bonds is 37. The molecule has 3 rings (SSSR count). The number of carbonyl (C=O) groups is 4. The molecule has 2 aromatic rings. The highest BCUT2D eigenvalue weighted by Crippen LogP contribution is 2.44. The van der Waals surface area contributed by atoms with E-state index in [1.54, 1.807) is 0 Å². The van der Waals surface area contributed by atoms with Gasteiger partial charge in [0.1, 0.15) is 13.2 Å². The quantitative estimate of drug-likeness (QED) is 0.0572. The summed E-state index contributed by atoms with van der Waals surface area (Å²) in [5.41, 5.74) is 4.77. The van der Waals surface area contributed by atoms with Crippen LogP contribution in [0, 0.1) is 0 Å². The smallest absolute Gasteiger partial charge is 0.407 e. The average Bonchev–Trinajstić information content (AvgIpc) is 3.55. The van der Waals surface area contributed by atoms with Gasteiger partial charge in [0.15, 0.2) is 0 Å². The summed E-state index contributed by atoms with van der Waals surface area (Å²) >= 11 is 0. The summed E-state index contributed by atoms with van der Waals surface area (Å²) in [4.78, 5) is 45.0. The molecule has 0 unspecified atom stereocenters. The molecule has 17 heteroatoms. The van der Waals surface area contributed by atoms with Gasteiger partial charge in [0.05, 0.1) is 119 Å². The van der Waals surface area contributed by atoms with E-state index in [0.29, 0.717) is 132 Å². The number of fused-ring (bicyclic) bond motifs is 3. The van der Waals surface area contributed by atoms with E-state index in [2.05, 4.69) is 29.6 Å². The van der Waals surface area contributed by atoms with Crippen LogP contribution in [-0.2, 0) is 66.5 Å². The topological polar surface area (TPSA) is 202 Å². The van der Waals surface area contributed by atoms with Crippen molar-refractivity contribution in [3.05, 3.63) is 59.7 Å². The molecule has 0 spiro atoms. The molecule has 1 aliphatic rings. The molecule has 1 amide bonds. The lowest BCUT2D eigenvalue weighted by Gasteiger charge is -2.14. The first kappa shape index (κ1) is 48.3. The molecule has 0 radical (unpaired) electrons. The molecule has 0 bridgehead atoms. The molecule has 2 aromatic carbocycles. The second kappa shape index (κ2) is 31.9. The van der Waals surface area contributed by atoms with Crippen LogP contribution in [0.3, 0.4) is 0 Å². The molecule has 17 nitrogen and oxygen atoms in total. The summed E-state index contributed by atoms with van der Waals surface area (Å²) in [6, 6.07) is 16.5. The van der Waals surface area contributed by atoms with Crippen molar-refractivity contribution in [1.29, 1.82) is 0 Å². The number of ketones is 1. The van der Waals surface area contributed by atoms with E-state index in [1.807, 2.05) is 24.3 Å². The van der Waals surface area contributed by atoms with Gasteiger partial charge in [-0.2, -0.15) is 0 Å². The number of carbonyl (C=O) groups excluding carboxylic acids is 3. The molecule has 0 aromatic heterocycles. The Kier molecular flexibility index (Phi) is 26.6. The van der Waals surface area contributed by atoms with Gasteiger partial charge in [-0.25, -0.2) is 9.59 Å². The Morgan fingerprint density at radius 1 is 0.483 bits per heavy atom. The minimum Gasteiger partial charge on any atom is -0.476 e. The molecule has 0 fully saturated rings. The Morgan fingerprint density at radius 3 is 1.28 bits per heavy atom. The lowest BCUT2D eigenvalue weighted by Crippen LogP contribution is -2.27. The number of Topliss-reactive ketones (excluding diaryl/α,β-unsaturated/α-hetero) is 1. The Labute approximate surface area is 339 Å². The fourth-order valence-corrected chi connectivity index (χ4v) is 5.48. The van der Waals surface area contributed by atoms with Gasteiger partial charge in [-0.15, -0.1) is 0 Å². The number of ether oxygens (including phenoxy) is 11. The van der Waals surface area contributed by atoms with E-state index in [9.17, 15) is 19.2 Å². The molecule has 58 heavy (non-hydrogen) atoms. The van der Waals surface area contributed by atoms with Crippen molar-refractivity contribution >= 4 is 23.8 Å². The second-order valence-corrected chi connectivity index (χ2v) is 12.6. The number of amides is 1. The highest BCUT2D eigenvalue weighted by Gasteiger charge is 2.29. The molecule has 0 heterocycles.